The lowest BCUT2D eigenvalue weighted by Crippen LogP contribution is -2.26. The van der Waals surface area contributed by atoms with Gasteiger partial charge in [0.15, 0.2) is 0 Å². The van der Waals surface area contributed by atoms with Gasteiger partial charge < -0.3 is 5.41 Å². The van der Waals surface area contributed by atoms with Crippen LogP contribution in [0.3, 0.4) is 0 Å². The molecule has 0 spiro atoms. The van der Waals surface area contributed by atoms with E-state index in [-0.39, 0.29) is 5.41 Å². The van der Waals surface area contributed by atoms with Crippen molar-refractivity contribution >= 4 is 5.71 Å². The first-order chi connectivity index (χ1) is 6.55. The van der Waals surface area contributed by atoms with E-state index in [1.54, 1.807) is 0 Å². The summed E-state index contributed by atoms with van der Waals surface area (Å²) < 4.78 is 0. The van der Waals surface area contributed by atoms with Crippen molar-refractivity contribution in [2.24, 2.45) is 16.7 Å². The van der Waals surface area contributed by atoms with E-state index < -0.39 is 0 Å². The molecule has 0 atom stereocenters. The van der Waals surface area contributed by atoms with E-state index in [1.165, 1.54) is 19.3 Å². The van der Waals surface area contributed by atoms with Gasteiger partial charge in [-0.1, -0.05) is 48.0 Å². The lowest BCUT2D eigenvalue weighted by atomic mass is 9.69. The predicted molar refractivity (Wildman–Crippen MR) is 69.7 cm³/mol. The predicted octanol–water partition coefficient (Wildman–Crippen LogP) is 4.90. The van der Waals surface area contributed by atoms with Crippen molar-refractivity contribution in [2.45, 2.75) is 67.7 Å². The maximum atomic E-state index is 7.15. The second-order valence-corrected chi connectivity index (χ2v) is 6.87. The molecule has 0 aromatic rings. The minimum absolute atomic E-state index is 0.0833. The summed E-state index contributed by atoms with van der Waals surface area (Å²) in [6.45, 7) is 15.0. The van der Waals surface area contributed by atoms with Crippen molar-refractivity contribution in [3.05, 3.63) is 0 Å². The zero-order valence-electron chi connectivity index (χ0n) is 11.7. The normalized spacial score (nSPS) is 17.5. The highest BCUT2D eigenvalue weighted by Gasteiger charge is 2.29. The number of hydrogen-bond acceptors (Lipinski definition) is 1. The second-order valence-electron chi connectivity index (χ2n) is 6.87. The summed E-state index contributed by atoms with van der Waals surface area (Å²) in [5.41, 5.74) is 1.42. The summed E-state index contributed by atoms with van der Waals surface area (Å²) in [6.07, 6.45) is 4.43. The Labute approximate surface area is 96.2 Å². The molecule has 1 fully saturated rings. The van der Waals surface area contributed by atoms with E-state index in [4.69, 9.17) is 5.41 Å². The van der Waals surface area contributed by atoms with E-state index >= 15 is 0 Å². The van der Waals surface area contributed by atoms with Crippen molar-refractivity contribution in [1.29, 1.82) is 5.41 Å². The van der Waals surface area contributed by atoms with Crippen LogP contribution in [0.2, 0.25) is 0 Å². The highest BCUT2D eigenvalue weighted by Crippen LogP contribution is 2.40. The van der Waals surface area contributed by atoms with Crippen molar-refractivity contribution < 1.29 is 0 Å². The Bertz CT molecular complexity index is 198. The number of hydrogen-bond donors (Lipinski definition) is 1. The summed E-state index contributed by atoms with van der Waals surface area (Å²) in [6, 6.07) is 0. The first-order valence-electron chi connectivity index (χ1n) is 6.11. The SMILES string of the molecule is CC(=N)C(C)(C)C.CC(C)(C)C1CCC1. The maximum Gasteiger partial charge on any atom is 0.0112 e. The Morgan fingerprint density at radius 3 is 1.33 bits per heavy atom. The van der Waals surface area contributed by atoms with Crippen LogP contribution in [0.25, 0.3) is 0 Å². The highest BCUT2D eigenvalue weighted by molar-refractivity contribution is 5.83. The molecular formula is C14H29N. The third-order valence-electron chi connectivity index (χ3n) is 3.45. The van der Waals surface area contributed by atoms with Gasteiger partial charge in [0.2, 0.25) is 0 Å². The zero-order valence-corrected chi connectivity index (χ0v) is 11.7. The summed E-state index contributed by atoms with van der Waals surface area (Å²) in [5.74, 6) is 1.03. The van der Waals surface area contributed by atoms with Crippen LogP contribution in [0.1, 0.15) is 67.7 Å². The first kappa shape index (κ1) is 14.7. The molecule has 0 saturated heterocycles. The van der Waals surface area contributed by atoms with Crippen LogP contribution in [0.15, 0.2) is 0 Å². The lowest BCUT2D eigenvalue weighted by molar-refractivity contribution is 0.141. The maximum absolute atomic E-state index is 7.15. The van der Waals surface area contributed by atoms with Crippen LogP contribution in [-0.4, -0.2) is 5.71 Å². The molecule has 0 radical (unpaired) electrons. The molecule has 0 aromatic heterocycles. The van der Waals surface area contributed by atoms with E-state index in [0.29, 0.717) is 5.41 Å². The number of nitrogens with one attached hydrogen (secondary N) is 1. The first-order valence-corrected chi connectivity index (χ1v) is 6.11. The van der Waals surface area contributed by atoms with Gasteiger partial charge >= 0.3 is 0 Å². The lowest BCUT2D eigenvalue weighted by Gasteiger charge is -2.37. The molecule has 0 unspecified atom stereocenters. The molecule has 0 bridgehead atoms. The summed E-state index contributed by atoms with van der Waals surface area (Å²) in [4.78, 5) is 0. The summed E-state index contributed by atoms with van der Waals surface area (Å²) >= 11 is 0. The van der Waals surface area contributed by atoms with Gasteiger partial charge in [0.25, 0.3) is 0 Å². The van der Waals surface area contributed by atoms with Crippen LogP contribution in [0.5, 0.6) is 0 Å². The van der Waals surface area contributed by atoms with E-state index in [2.05, 4.69) is 20.8 Å². The standard InChI is InChI=1S/C8H16.C6H13N/c1-8(2,3)7-5-4-6-7;1-5(7)6(2,3)4/h7H,4-6H2,1-3H3;7H,1-4H3. The van der Waals surface area contributed by atoms with Crippen LogP contribution in [-0.2, 0) is 0 Å². The molecule has 1 saturated carbocycles. The fourth-order valence-corrected chi connectivity index (χ4v) is 1.27. The molecule has 0 aliphatic heterocycles. The molecule has 1 nitrogen and oxygen atoms in total. The average Bonchev–Trinajstić information content (AvgIpc) is 1.76. The van der Waals surface area contributed by atoms with Crippen molar-refractivity contribution in [3.8, 4) is 0 Å². The largest absolute Gasteiger partial charge is 0.309 e. The Morgan fingerprint density at radius 1 is 1.00 bits per heavy atom. The van der Waals surface area contributed by atoms with Gasteiger partial charge in [0.1, 0.15) is 0 Å². The topological polar surface area (TPSA) is 23.9 Å². The molecule has 15 heavy (non-hydrogen) atoms. The Balaban J connectivity index is 0.000000265. The molecular weight excluding hydrogens is 182 g/mol. The fraction of sp³-hybridized carbons (Fsp3) is 0.929. The van der Waals surface area contributed by atoms with Gasteiger partial charge in [-0.2, -0.15) is 0 Å². The third-order valence-corrected chi connectivity index (χ3v) is 3.45. The van der Waals surface area contributed by atoms with E-state index in [9.17, 15) is 0 Å². The van der Waals surface area contributed by atoms with Gasteiger partial charge in [-0.05, 0) is 36.5 Å². The molecule has 1 aliphatic rings. The van der Waals surface area contributed by atoms with Gasteiger partial charge in [0.05, 0.1) is 0 Å². The second kappa shape index (κ2) is 5.14. The fourth-order valence-electron chi connectivity index (χ4n) is 1.27. The van der Waals surface area contributed by atoms with Gasteiger partial charge in [0, 0.05) is 5.71 Å². The van der Waals surface area contributed by atoms with Gasteiger partial charge in [-0.3, -0.25) is 0 Å². The zero-order chi connectivity index (χ0) is 12.3. The van der Waals surface area contributed by atoms with Gasteiger partial charge in [-0.15, -0.1) is 0 Å². The summed E-state index contributed by atoms with van der Waals surface area (Å²) in [5, 5.41) is 7.15. The van der Waals surface area contributed by atoms with Crippen LogP contribution in [0, 0.1) is 22.2 Å². The molecule has 1 aliphatic carbocycles. The Morgan fingerprint density at radius 2 is 1.33 bits per heavy atom. The van der Waals surface area contributed by atoms with E-state index in [1.807, 2.05) is 27.7 Å². The average molecular weight is 211 g/mol. The minimum Gasteiger partial charge on any atom is -0.309 e. The molecule has 1 N–H and O–H groups in total. The highest BCUT2D eigenvalue weighted by atomic mass is 14.4. The molecule has 1 rings (SSSR count). The Kier molecular flexibility index (Phi) is 5.02. The van der Waals surface area contributed by atoms with Crippen LogP contribution >= 0.6 is 0 Å². The van der Waals surface area contributed by atoms with Gasteiger partial charge in [-0.25, -0.2) is 0 Å². The smallest absolute Gasteiger partial charge is 0.0112 e. The van der Waals surface area contributed by atoms with Crippen molar-refractivity contribution in [3.63, 3.8) is 0 Å². The third kappa shape index (κ3) is 5.96. The molecule has 0 amide bonds. The summed E-state index contributed by atoms with van der Waals surface area (Å²) in [7, 11) is 0. The molecule has 0 heterocycles. The van der Waals surface area contributed by atoms with E-state index in [0.717, 1.165) is 11.6 Å². The number of rotatable bonds is 0. The molecule has 0 aromatic carbocycles. The quantitative estimate of drug-likeness (QED) is 0.551. The Hall–Kier alpha value is -0.330. The van der Waals surface area contributed by atoms with Crippen LogP contribution in [0.4, 0.5) is 0 Å². The van der Waals surface area contributed by atoms with Crippen molar-refractivity contribution in [2.75, 3.05) is 0 Å². The monoisotopic (exact) mass is 211 g/mol. The van der Waals surface area contributed by atoms with Crippen molar-refractivity contribution in [1.82, 2.24) is 0 Å². The van der Waals surface area contributed by atoms with Crippen LogP contribution < -0.4 is 0 Å². The molecule has 90 valence electrons. The molecule has 1 heteroatoms. The minimum atomic E-state index is 0.0833.